The van der Waals surface area contributed by atoms with Crippen LogP contribution < -0.4 is 0 Å². The van der Waals surface area contributed by atoms with Gasteiger partial charge in [0.1, 0.15) is 0 Å². The zero-order valence-electron chi connectivity index (χ0n) is 4.22. The summed E-state index contributed by atoms with van der Waals surface area (Å²) >= 11 is 0. The molecule has 0 aromatic carbocycles. The molecular weight excluding hydrogens is 122 g/mol. The van der Waals surface area contributed by atoms with Crippen molar-refractivity contribution in [2.45, 2.75) is 0 Å². The largest absolute Gasteiger partial charge is 0.423 e. The summed E-state index contributed by atoms with van der Waals surface area (Å²) in [4.78, 5) is 3.68. The lowest BCUT2D eigenvalue weighted by Gasteiger charge is -1.75. The normalized spacial score (nSPS) is 10.2. The maximum atomic E-state index is 4.73. The number of rotatable bonds is 0. The van der Waals surface area contributed by atoms with Gasteiger partial charge in [-0.3, -0.25) is 0 Å². The van der Waals surface area contributed by atoms with Crippen LogP contribution in [0.15, 0.2) is 10.8 Å². The molecule has 0 atom stereocenters. The molecule has 2 aromatic rings. The predicted octanol–water partition coefficient (Wildman–Crippen LogP) is -0.592. The Labute approximate surface area is 48.9 Å². The molecule has 2 aromatic heterocycles. The Morgan fingerprint density at radius 1 is 1.22 bits per heavy atom. The third-order valence-electron chi connectivity index (χ3n) is 0.846. The molecule has 0 aliphatic heterocycles. The van der Waals surface area contributed by atoms with E-state index in [1.54, 1.807) is 0 Å². The number of hydrogen-bond acceptors (Lipinski definition) is 6. The van der Waals surface area contributed by atoms with Gasteiger partial charge >= 0.3 is 0 Å². The fourth-order valence-electron chi connectivity index (χ4n) is 0.494. The molecule has 2 heterocycles. The first-order chi connectivity index (χ1) is 4.47. The second-order valence-electron chi connectivity index (χ2n) is 1.36. The average Bonchev–Trinajstić information content (AvgIpc) is 2.33. The maximum Gasteiger partial charge on any atom is 0.289 e. The van der Waals surface area contributed by atoms with Crippen molar-refractivity contribution >= 4 is 11.4 Å². The smallest absolute Gasteiger partial charge is 0.289 e. The quantitative estimate of drug-likeness (QED) is 0.465. The van der Waals surface area contributed by atoms with Crippen LogP contribution in [0.3, 0.4) is 0 Å². The number of fused-ring (bicyclic) bond motifs is 1. The highest BCUT2D eigenvalue weighted by Gasteiger charge is 1.97. The molecule has 9 heavy (non-hydrogen) atoms. The topological polar surface area (TPSA) is 77.6 Å². The van der Waals surface area contributed by atoms with Gasteiger partial charge in [-0.15, -0.1) is 5.10 Å². The van der Waals surface area contributed by atoms with Gasteiger partial charge in [0.25, 0.3) is 5.71 Å². The predicted molar refractivity (Wildman–Crippen MR) is 25.2 cm³/mol. The van der Waals surface area contributed by atoms with Gasteiger partial charge in [-0.05, 0) is 10.4 Å². The molecule has 6 nitrogen and oxygen atoms in total. The lowest BCUT2D eigenvalue weighted by molar-refractivity contribution is 0.578. The van der Waals surface area contributed by atoms with Crippen LogP contribution in [0.25, 0.3) is 11.4 Å². The first kappa shape index (κ1) is 4.30. The monoisotopic (exact) mass is 123 g/mol. The van der Waals surface area contributed by atoms with E-state index in [1.807, 2.05) is 0 Å². The molecule has 0 fully saturated rings. The fourth-order valence-corrected chi connectivity index (χ4v) is 0.494. The molecule has 0 saturated heterocycles. The molecule has 0 N–H and O–H groups in total. The van der Waals surface area contributed by atoms with Gasteiger partial charge in [-0.2, -0.15) is 4.98 Å². The first-order valence-corrected chi connectivity index (χ1v) is 2.22. The highest BCUT2D eigenvalue weighted by atomic mass is 16.3. The number of nitrogens with zero attached hydrogens (tertiary/aromatic N) is 5. The van der Waals surface area contributed by atoms with Crippen LogP contribution in [-0.2, 0) is 0 Å². The minimum Gasteiger partial charge on any atom is -0.423 e. The van der Waals surface area contributed by atoms with E-state index in [0.717, 1.165) is 0 Å². The summed E-state index contributed by atoms with van der Waals surface area (Å²) in [6.45, 7) is 0. The number of hydrogen-bond donors (Lipinski definition) is 0. The van der Waals surface area contributed by atoms with Gasteiger partial charge in [0.15, 0.2) is 6.39 Å². The Bertz CT molecular complexity index is 286. The Kier molecular flexibility index (Phi) is 0.689. The minimum absolute atomic E-state index is 0.310. The molecule has 0 amide bonds. The highest BCUT2D eigenvalue weighted by Crippen LogP contribution is 1.99. The lowest BCUT2D eigenvalue weighted by atomic mass is 10.8. The van der Waals surface area contributed by atoms with Gasteiger partial charge in [0, 0.05) is 0 Å². The van der Waals surface area contributed by atoms with E-state index in [0.29, 0.717) is 11.4 Å². The van der Waals surface area contributed by atoms with Gasteiger partial charge in [0.2, 0.25) is 5.65 Å². The van der Waals surface area contributed by atoms with Crippen molar-refractivity contribution in [2.75, 3.05) is 0 Å². The van der Waals surface area contributed by atoms with Crippen molar-refractivity contribution in [3.8, 4) is 0 Å². The summed E-state index contributed by atoms with van der Waals surface area (Å²) in [5.74, 6) is 0. The van der Waals surface area contributed by atoms with Crippen LogP contribution in [0.2, 0.25) is 0 Å². The van der Waals surface area contributed by atoms with Crippen LogP contribution in [-0.4, -0.2) is 25.6 Å². The molecule has 0 spiro atoms. The zero-order valence-corrected chi connectivity index (χ0v) is 4.22. The van der Waals surface area contributed by atoms with E-state index < -0.39 is 0 Å². The SMILES string of the molecule is c1nc2nnnnc2o1. The summed E-state index contributed by atoms with van der Waals surface area (Å²) in [5, 5.41) is 13.5. The highest BCUT2D eigenvalue weighted by molar-refractivity contribution is 5.58. The van der Waals surface area contributed by atoms with E-state index >= 15 is 0 Å². The zero-order chi connectivity index (χ0) is 6.10. The lowest BCUT2D eigenvalue weighted by Crippen LogP contribution is -1.89. The number of aromatic nitrogens is 5. The first-order valence-electron chi connectivity index (χ1n) is 2.22. The summed E-state index contributed by atoms with van der Waals surface area (Å²) in [5.41, 5.74) is 0.690. The van der Waals surface area contributed by atoms with E-state index in [1.165, 1.54) is 6.39 Å². The summed E-state index contributed by atoms with van der Waals surface area (Å²) < 4.78 is 4.73. The van der Waals surface area contributed by atoms with Gasteiger partial charge in [-0.25, -0.2) is 0 Å². The van der Waals surface area contributed by atoms with Gasteiger partial charge in [-0.1, -0.05) is 5.10 Å². The van der Waals surface area contributed by atoms with Crippen LogP contribution in [0.4, 0.5) is 0 Å². The molecule has 0 unspecified atom stereocenters. The summed E-state index contributed by atoms with van der Waals surface area (Å²) in [6.07, 6.45) is 1.24. The Morgan fingerprint density at radius 2 is 2.11 bits per heavy atom. The third kappa shape index (κ3) is 0.525. The van der Waals surface area contributed by atoms with E-state index in [4.69, 9.17) is 4.42 Å². The molecule has 0 saturated carbocycles. The molecule has 2 rings (SSSR count). The standard InChI is InChI=1S/C3HN5O/c1-4-2-3(9-1)6-8-7-5-2/h1H. The number of oxazole rings is 1. The molecule has 44 valence electrons. The van der Waals surface area contributed by atoms with Crippen molar-refractivity contribution in [1.82, 2.24) is 25.6 Å². The van der Waals surface area contributed by atoms with E-state index in [9.17, 15) is 0 Å². The van der Waals surface area contributed by atoms with Crippen LogP contribution in [0.1, 0.15) is 0 Å². The fraction of sp³-hybridized carbons (Fsp3) is 0. The molecule has 0 bridgehead atoms. The Hall–Kier alpha value is -1.59. The van der Waals surface area contributed by atoms with Crippen molar-refractivity contribution in [3.63, 3.8) is 0 Å². The van der Waals surface area contributed by atoms with E-state index in [2.05, 4.69) is 25.6 Å². The van der Waals surface area contributed by atoms with Crippen LogP contribution in [0, 0.1) is 0 Å². The Balaban J connectivity index is 2.95. The molecule has 0 radical (unpaired) electrons. The molecule has 6 heteroatoms. The van der Waals surface area contributed by atoms with E-state index in [-0.39, 0.29) is 0 Å². The van der Waals surface area contributed by atoms with Crippen molar-refractivity contribution in [1.29, 1.82) is 0 Å². The van der Waals surface area contributed by atoms with Crippen LogP contribution >= 0.6 is 0 Å². The van der Waals surface area contributed by atoms with Crippen LogP contribution in [0.5, 0.6) is 0 Å². The van der Waals surface area contributed by atoms with Crippen molar-refractivity contribution in [3.05, 3.63) is 6.39 Å². The third-order valence-corrected chi connectivity index (χ3v) is 0.846. The summed E-state index contributed by atoms with van der Waals surface area (Å²) in [7, 11) is 0. The summed E-state index contributed by atoms with van der Waals surface area (Å²) in [6, 6.07) is 0. The van der Waals surface area contributed by atoms with Crippen molar-refractivity contribution in [2.24, 2.45) is 0 Å². The average molecular weight is 123 g/mol. The van der Waals surface area contributed by atoms with Gasteiger partial charge in [0.05, 0.1) is 0 Å². The maximum absolute atomic E-state index is 4.73. The van der Waals surface area contributed by atoms with Gasteiger partial charge < -0.3 is 4.42 Å². The minimum atomic E-state index is 0.310. The second kappa shape index (κ2) is 1.44. The molecular formula is C3HN5O. The molecule has 0 aliphatic rings. The Morgan fingerprint density at radius 3 is 3.00 bits per heavy atom. The molecule has 0 aliphatic carbocycles. The van der Waals surface area contributed by atoms with Crippen molar-refractivity contribution < 1.29 is 4.42 Å². The second-order valence-corrected chi connectivity index (χ2v) is 1.36.